The van der Waals surface area contributed by atoms with E-state index in [4.69, 9.17) is 6.42 Å². The number of rotatable bonds is 4. The van der Waals surface area contributed by atoms with Gasteiger partial charge >= 0.3 is 0 Å². The van der Waals surface area contributed by atoms with Gasteiger partial charge in [0.25, 0.3) is 0 Å². The zero-order chi connectivity index (χ0) is 12.0. The number of terminal acetylenes is 1. The van der Waals surface area contributed by atoms with Crippen molar-refractivity contribution in [3.05, 3.63) is 0 Å². The normalized spacial score (nSPS) is 26.4. The lowest BCUT2D eigenvalue weighted by Crippen LogP contribution is -2.29. The van der Waals surface area contributed by atoms with Crippen LogP contribution in [-0.2, 0) is 0 Å². The van der Waals surface area contributed by atoms with E-state index in [0.29, 0.717) is 5.41 Å². The first-order valence-electron chi connectivity index (χ1n) is 6.20. The highest BCUT2D eigenvalue weighted by Gasteiger charge is 2.30. The fraction of sp³-hybridized carbons (Fsp3) is 0.857. The molecule has 0 N–H and O–H groups in total. The van der Waals surface area contributed by atoms with Gasteiger partial charge in [0.1, 0.15) is 0 Å². The molecule has 0 saturated carbocycles. The van der Waals surface area contributed by atoms with Crippen LogP contribution in [0.4, 0.5) is 0 Å². The highest BCUT2D eigenvalue weighted by molar-refractivity contribution is 8.17. The Morgan fingerprint density at radius 3 is 2.31 bits per heavy atom. The summed E-state index contributed by atoms with van der Waals surface area (Å²) in [7, 11) is 0. The summed E-state index contributed by atoms with van der Waals surface area (Å²) in [4.78, 5) is 0. The quantitative estimate of drug-likeness (QED) is 0.530. The van der Waals surface area contributed by atoms with Gasteiger partial charge in [-0.05, 0) is 35.7 Å². The second kappa shape index (κ2) is 6.87. The van der Waals surface area contributed by atoms with Crippen LogP contribution in [0.2, 0.25) is 0 Å². The van der Waals surface area contributed by atoms with E-state index in [9.17, 15) is 0 Å². The van der Waals surface area contributed by atoms with Crippen molar-refractivity contribution in [3.8, 4) is 12.3 Å². The minimum absolute atomic E-state index is 0.481. The van der Waals surface area contributed by atoms with Crippen LogP contribution in [0.5, 0.6) is 0 Å². The largest absolute Gasteiger partial charge is 0.147 e. The van der Waals surface area contributed by atoms with E-state index >= 15 is 0 Å². The Morgan fingerprint density at radius 1 is 1.19 bits per heavy atom. The molecule has 0 aromatic rings. The standard InChI is InChI=1S/C14H24S2/c1-5-6-7-8-9-13-15-10-12(11-16-13)14(2,3)4/h1,12-13H,6-11H2,2-4H3/t12-,13-. The molecule has 1 fully saturated rings. The summed E-state index contributed by atoms with van der Waals surface area (Å²) in [5, 5.41) is 0. The molecule has 0 spiro atoms. The Morgan fingerprint density at radius 2 is 1.81 bits per heavy atom. The van der Waals surface area contributed by atoms with Crippen molar-refractivity contribution in [1.82, 2.24) is 0 Å². The Bertz CT molecular complexity index is 226. The van der Waals surface area contributed by atoms with Gasteiger partial charge in [0, 0.05) is 6.42 Å². The lowest BCUT2D eigenvalue weighted by Gasteiger charge is -2.36. The van der Waals surface area contributed by atoms with Crippen LogP contribution in [0.1, 0.15) is 46.5 Å². The summed E-state index contributed by atoms with van der Waals surface area (Å²) in [6.45, 7) is 7.10. The van der Waals surface area contributed by atoms with Crippen molar-refractivity contribution in [2.45, 2.75) is 51.0 Å². The molecule has 0 atom stereocenters. The van der Waals surface area contributed by atoms with Crippen LogP contribution in [0, 0.1) is 23.7 Å². The zero-order valence-electron chi connectivity index (χ0n) is 10.8. The van der Waals surface area contributed by atoms with E-state index in [1.165, 1.54) is 30.8 Å². The van der Waals surface area contributed by atoms with Crippen molar-refractivity contribution in [3.63, 3.8) is 0 Å². The molecule has 0 aromatic carbocycles. The summed E-state index contributed by atoms with van der Waals surface area (Å²) < 4.78 is 0.830. The highest BCUT2D eigenvalue weighted by atomic mass is 32.2. The third-order valence-corrected chi connectivity index (χ3v) is 6.42. The van der Waals surface area contributed by atoms with Crippen molar-refractivity contribution < 1.29 is 0 Å². The second-order valence-corrected chi connectivity index (χ2v) is 8.38. The van der Waals surface area contributed by atoms with Gasteiger partial charge in [-0.1, -0.05) is 27.2 Å². The summed E-state index contributed by atoms with van der Waals surface area (Å²) in [5.74, 6) is 6.29. The maximum Gasteiger partial charge on any atom is 0.0502 e. The molecule has 0 radical (unpaired) electrons. The minimum atomic E-state index is 0.481. The predicted octanol–water partition coefficient (Wildman–Crippen LogP) is 4.65. The molecule has 0 bridgehead atoms. The Balaban J connectivity index is 2.15. The van der Waals surface area contributed by atoms with Crippen molar-refractivity contribution >= 4 is 23.5 Å². The molecule has 92 valence electrons. The van der Waals surface area contributed by atoms with E-state index in [1.54, 1.807) is 0 Å². The van der Waals surface area contributed by atoms with Gasteiger partial charge in [0.05, 0.1) is 4.58 Å². The number of hydrogen-bond donors (Lipinski definition) is 0. The van der Waals surface area contributed by atoms with Gasteiger partial charge in [0.2, 0.25) is 0 Å². The Hall–Kier alpha value is 0.260. The maximum absolute atomic E-state index is 5.25. The van der Waals surface area contributed by atoms with Gasteiger partial charge in [-0.25, -0.2) is 0 Å². The third kappa shape index (κ3) is 5.06. The van der Waals surface area contributed by atoms with Crippen LogP contribution in [0.3, 0.4) is 0 Å². The minimum Gasteiger partial charge on any atom is -0.147 e. The van der Waals surface area contributed by atoms with Gasteiger partial charge in [0.15, 0.2) is 0 Å². The van der Waals surface area contributed by atoms with Crippen LogP contribution < -0.4 is 0 Å². The molecule has 1 heterocycles. The Kier molecular flexibility index (Phi) is 6.15. The average molecular weight is 256 g/mol. The smallest absolute Gasteiger partial charge is 0.0502 e. The molecule has 0 aromatic heterocycles. The van der Waals surface area contributed by atoms with Crippen molar-refractivity contribution in [2.75, 3.05) is 11.5 Å². The van der Waals surface area contributed by atoms with E-state index < -0.39 is 0 Å². The van der Waals surface area contributed by atoms with Gasteiger partial charge in [-0.3, -0.25) is 0 Å². The number of thioether (sulfide) groups is 2. The summed E-state index contributed by atoms with van der Waals surface area (Å²) >= 11 is 4.34. The Labute approximate surface area is 110 Å². The molecule has 1 rings (SSSR count). The zero-order valence-corrected chi connectivity index (χ0v) is 12.4. The summed E-state index contributed by atoms with van der Waals surface area (Å²) in [6.07, 6.45) is 10.1. The molecule has 1 aliphatic rings. The topological polar surface area (TPSA) is 0 Å². The summed E-state index contributed by atoms with van der Waals surface area (Å²) in [5.41, 5.74) is 0.481. The highest BCUT2D eigenvalue weighted by Crippen LogP contribution is 2.42. The first-order valence-corrected chi connectivity index (χ1v) is 8.30. The molecular formula is C14H24S2. The lowest BCUT2D eigenvalue weighted by molar-refractivity contribution is 0.292. The van der Waals surface area contributed by atoms with E-state index in [1.807, 2.05) is 0 Å². The first kappa shape index (κ1) is 14.3. The van der Waals surface area contributed by atoms with Crippen LogP contribution >= 0.6 is 23.5 Å². The number of unbranched alkanes of at least 4 members (excludes halogenated alkanes) is 2. The third-order valence-electron chi connectivity index (χ3n) is 3.20. The fourth-order valence-corrected chi connectivity index (χ4v) is 5.55. The van der Waals surface area contributed by atoms with Crippen molar-refractivity contribution in [2.24, 2.45) is 11.3 Å². The predicted molar refractivity (Wildman–Crippen MR) is 79.0 cm³/mol. The molecule has 1 aliphatic heterocycles. The second-order valence-electron chi connectivity index (χ2n) is 5.61. The molecule has 16 heavy (non-hydrogen) atoms. The molecule has 0 amide bonds. The lowest BCUT2D eigenvalue weighted by atomic mass is 9.83. The fourth-order valence-electron chi connectivity index (χ4n) is 1.75. The van der Waals surface area contributed by atoms with Gasteiger partial charge in [-0.2, -0.15) is 0 Å². The van der Waals surface area contributed by atoms with Gasteiger partial charge in [-0.15, -0.1) is 35.9 Å². The number of hydrogen-bond acceptors (Lipinski definition) is 2. The first-order chi connectivity index (χ1) is 7.54. The molecule has 0 unspecified atom stereocenters. The van der Waals surface area contributed by atoms with E-state index in [-0.39, 0.29) is 0 Å². The molecule has 0 nitrogen and oxygen atoms in total. The van der Waals surface area contributed by atoms with Crippen LogP contribution in [-0.4, -0.2) is 16.1 Å². The van der Waals surface area contributed by atoms with E-state index in [2.05, 4.69) is 50.2 Å². The van der Waals surface area contributed by atoms with Crippen molar-refractivity contribution in [1.29, 1.82) is 0 Å². The van der Waals surface area contributed by atoms with Crippen LogP contribution in [0.25, 0.3) is 0 Å². The maximum atomic E-state index is 5.25. The molecule has 0 aliphatic carbocycles. The monoisotopic (exact) mass is 256 g/mol. The van der Waals surface area contributed by atoms with E-state index in [0.717, 1.165) is 16.9 Å². The summed E-state index contributed by atoms with van der Waals surface area (Å²) in [6, 6.07) is 0. The molecule has 2 heteroatoms. The van der Waals surface area contributed by atoms with Crippen LogP contribution in [0.15, 0.2) is 0 Å². The molecular weight excluding hydrogens is 232 g/mol. The SMILES string of the molecule is C#CCCCC[C@H]1SC[C@H](C(C)(C)C)CS1. The average Bonchev–Trinajstić information content (AvgIpc) is 2.24. The molecule has 1 saturated heterocycles. The van der Waals surface area contributed by atoms with Gasteiger partial charge < -0.3 is 0 Å².